The van der Waals surface area contributed by atoms with Crippen LogP contribution in [0.2, 0.25) is 0 Å². The van der Waals surface area contributed by atoms with Gasteiger partial charge < -0.3 is 25.2 Å². The Balaban J connectivity index is 1.70. The van der Waals surface area contributed by atoms with E-state index in [1.54, 1.807) is 19.0 Å². The van der Waals surface area contributed by atoms with Crippen LogP contribution in [-0.2, 0) is 6.54 Å². The summed E-state index contributed by atoms with van der Waals surface area (Å²) in [5.74, 6) is 0.794. The van der Waals surface area contributed by atoms with E-state index in [1.165, 1.54) is 0 Å². The number of hydrogen-bond acceptors (Lipinski definition) is 6. The van der Waals surface area contributed by atoms with Crippen LogP contribution in [0.1, 0.15) is 25.2 Å². The van der Waals surface area contributed by atoms with E-state index in [0.717, 1.165) is 19.3 Å². The molecule has 3 N–H and O–H groups in total. The highest BCUT2D eigenvalue weighted by Crippen LogP contribution is 2.30. The maximum Gasteiger partial charge on any atom is 0.315 e. The van der Waals surface area contributed by atoms with Crippen LogP contribution in [0.3, 0.4) is 0 Å². The van der Waals surface area contributed by atoms with Crippen molar-refractivity contribution in [2.45, 2.75) is 31.4 Å². The summed E-state index contributed by atoms with van der Waals surface area (Å²) in [6.45, 7) is 0.427. The Morgan fingerprint density at radius 1 is 1.47 bits per heavy atom. The molecule has 1 heterocycles. The van der Waals surface area contributed by atoms with Gasteiger partial charge in [0.25, 0.3) is 5.95 Å². The lowest BCUT2D eigenvalue weighted by Crippen LogP contribution is -2.50. The second kappa shape index (κ2) is 5.43. The van der Waals surface area contributed by atoms with Crippen LogP contribution < -0.4 is 15.5 Å². The van der Waals surface area contributed by atoms with Crippen molar-refractivity contribution in [1.29, 1.82) is 0 Å². The highest BCUT2D eigenvalue weighted by molar-refractivity contribution is 5.73. The molecule has 0 unspecified atom stereocenters. The summed E-state index contributed by atoms with van der Waals surface area (Å²) < 4.78 is 4.96. The van der Waals surface area contributed by atoms with Gasteiger partial charge in [-0.2, -0.15) is 4.98 Å². The molecule has 1 aromatic heterocycles. The summed E-state index contributed by atoms with van der Waals surface area (Å²) in [5.41, 5.74) is -0.722. The topological polar surface area (TPSA) is 104 Å². The lowest BCUT2D eigenvalue weighted by Gasteiger charge is -2.36. The number of carbonyl (C=O) groups is 1. The van der Waals surface area contributed by atoms with Crippen LogP contribution in [0.25, 0.3) is 0 Å². The second-order valence-corrected chi connectivity index (χ2v) is 5.00. The molecule has 19 heavy (non-hydrogen) atoms. The van der Waals surface area contributed by atoms with Gasteiger partial charge in [-0.3, -0.25) is 0 Å². The number of nitrogens with zero attached hydrogens (tertiary/aromatic N) is 3. The van der Waals surface area contributed by atoms with Gasteiger partial charge in [-0.15, -0.1) is 0 Å². The maximum atomic E-state index is 11.5. The van der Waals surface area contributed by atoms with Crippen molar-refractivity contribution in [3.8, 4) is 0 Å². The van der Waals surface area contributed by atoms with Crippen LogP contribution in [0, 0.1) is 0 Å². The molecule has 0 saturated heterocycles. The predicted molar refractivity (Wildman–Crippen MR) is 67.7 cm³/mol. The van der Waals surface area contributed by atoms with Gasteiger partial charge in [-0.25, -0.2) is 4.79 Å². The van der Waals surface area contributed by atoms with Crippen molar-refractivity contribution in [3.63, 3.8) is 0 Å². The summed E-state index contributed by atoms with van der Waals surface area (Å²) in [7, 11) is 3.60. The van der Waals surface area contributed by atoms with Crippen molar-refractivity contribution in [1.82, 2.24) is 20.8 Å². The van der Waals surface area contributed by atoms with Gasteiger partial charge in [-0.1, -0.05) is 0 Å². The minimum absolute atomic E-state index is 0.158. The first kappa shape index (κ1) is 13.6. The minimum atomic E-state index is -0.722. The van der Waals surface area contributed by atoms with E-state index < -0.39 is 5.60 Å². The highest BCUT2D eigenvalue weighted by Gasteiger charge is 2.34. The van der Waals surface area contributed by atoms with Crippen molar-refractivity contribution < 1.29 is 14.4 Å². The van der Waals surface area contributed by atoms with Crippen molar-refractivity contribution >= 4 is 12.0 Å². The molecule has 1 aromatic rings. The largest absolute Gasteiger partial charge is 0.388 e. The first-order chi connectivity index (χ1) is 8.98. The lowest BCUT2D eigenvalue weighted by molar-refractivity contribution is -0.0290. The third-order valence-electron chi connectivity index (χ3n) is 3.12. The first-order valence-electron chi connectivity index (χ1n) is 6.22. The Kier molecular flexibility index (Phi) is 3.89. The summed E-state index contributed by atoms with van der Waals surface area (Å²) in [6, 6.07) is -0.357. The fourth-order valence-electron chi connectivity index (χ4n) is 1.72. The number of rotatable bonds is 5. The number of hydrogen-bond donors (Lipinski definition) is 3. The molecule has 1 aliphatic carbocycles. The molecule has 0 aromatic carbocycles. The van der Waals surface area contributed by atoms with Crippen LogP contribution in [-0.4, -0.2) is 47.5 Å². The van der Waals surface area contributed by atoms with Gasteiger partial charge in [0, 0.05) is 20.6 Å². The predicted octanol–water partition coefficient (Wildman–Crippen LogP) is -0.150. The minimum Gasteiger partial charge on any atom is -0.388 e. The Bertz CT molecular complexity index is 441. The average Bonchev–Trinajstić information content (AvgIpc) is 2.80. The molecule has 8 heteroatoms. The fourth-order valence-corrected chi connectivity index (χ4v) is 1.72. The van der Waals surface area contributed by atoms with Crippen LogP contribution in [0.15, 0.2) is 4.52 Å². The highest BCUT2D eigenvalue weighted by atomic mass is 16.5. The van der Waals surface area contributed by atoms with E-state index >= 15 is 0 Å². The van der Waals surface area contributed by atoms with Crippen molar-refractivity contribution in [2.75, 3.05) is 25.5 Å². The number of nitrogens with one attached hydrogen (secondary N) is 2. The van der Waals surface area contributed by atoms with E-state index in [4.69, 9.17) is 4.52 Å². The molecule has 1 aliphatic rings. The average molecular weight is 269 g/mol. The number of aromatic nitrogens is 2. The van der Waals surface area contributed by atoms with Gasteiger partial charge in [0.1, 0.15) is 0 Å². The molecule has 0 radical (unpaired) electrons. The Hall–Kier alpha value is -1.83. The van der Waals surface area contributed by atoms with Gasteiger partial charge in [0.05, 0.1) is 12.1 Å². The number of urea groups is 1. The summed E-state index contributed by atoms with van der Waals surface area (Å²) in [5, 5.41) is 18.8. The quantitative estimate of drug-likeness (QED) is 0.687. The van der Waals surface area contributed by atoms with Gasteiger partial charge in [0.2, 0.25) is 5.89 Å². The molecule has 0 atom stereocenters. The van der Waals surface area contributed by atoms with Gasteiger partial charge in [-0.05, 0) is 24.4 Å². The maximum absolute atomic E-state index is 11.5. The summed E-state index contributed by atoms with van der Waals surface area (Å²) >= 11 is 0. The molecule has 1 saturated carbocycles. The lowest BCUT2D eigenvalue weighted by atomic mass is 9.80. The molecule has 2 rings (SSSR count). The van der Waals surface area contributed by atoms with E-state index in [0.29, 0.717) is 11.8 Å². The monoisotopic (exact) mass is 269 g/mol. The standard InChI is InChI=1S/C11H19N5O3/c1-16(2)9-14-8(19-15-9)6-12-10(17)13-7-11(18)4-3-5-11/h18H,3-7H2,1-2H3,(H2,12,13,17). The third-order valence-corrected chi connectivity index (χ3v) is 3.12. The van der Waals surface area contributed by atoms with Crippen LogP contribution in [0.4, 0.5) is 10.7 Å². The smallest absolute Gasteiger partial charge is 0.315 e. The Morgan fingerprint density at radius 3 is 2.74 bits per heavy atom. The zero-order chi connectivity index (χ0) is 13.9. The summed E-state index contributed by atoms with van der Waals surface area (Å²) in [6.07, 6.45) is 2.49. The number of aliphatic hydroxyl groups is 1. The molecular weight excluding hydrogens is 250 g/mol. The normalized spacial score (nSPS) is 16.6. The number of carbonyl (C=O) groups excluding carboxylic acids is 1. The van der Waals surface area contributed by atoms with Gasteiger partial charge in [0.15, 0.2) is 0 Å². The van der Waals surface area contributed by atoms with E-state index in [-0.39, 0.29) is 19.1 Å². The van der Waals surface area contributed by atoms with E-state index in [2.05, 4.69) is 20.8 Å². The zero-order valence-electron chi connectivity index (χ0n) is 11.1. The molecule has 8 nitrogen and oxygen atoms in total. The van der Waals surface area contributed by atoms with Crippen LogP contribution in [0.5, 0.6) is 0 Å². The molecule has 2 amide bonds. The second-order valence-electron chi connectivity index (χ2n) is 5.00. The summed E-state index contributed by atoms with van der Waals surface area (Å²) in [4.78, 5) is 17.3. The van der Waals surface area contributed by atoms with Crippen molar-refractivity contribution in [3.05, 3.63) is 5.89 Å². The van der Waals surface area contributed by atoms with Gasteiger partial charge >= 0.3 is 6.03 Å². The molecular formula is C11H19N5O3. The van der Waals surface area contributed by atoms with E-state index in [1.807, 2.05) is 0 Å². The molecule has 1 fully saturated rings. The Morgan fingerprint density at radius 2 is 2.21 bits per heavy atom. The molecule has 106 valence electrons. The number of amides is 2. The Labute approximate surface area is 111 Å². The molecule has 0 aliphatic heterocycles. The first-order valence-corrected chi connectivity index (χ1v) is 6.22. The van der Waals surface area contributed by atoms with Crippen molar-refractivity contribution in [2.24, 2.45) is 0 Å². The SMILES string of the molecule is CN(C)c1noc(CNC(=O)NCC2(O)CCC2)n1. The van der Waals surface area contributed by atoms with E-state index in [9.17, 15) is 9.90 Å². The fraction of sp³-hybridized carbons (Fsp3) is 0.727. The number of anilines is 1. The third kappa shape index (κ3) is 3.57. The molecule has 0 spiro atoms. The zero-order valence-corrected chi connectivity index (χ0v) is 11.1. The molecule has 0 bridgehead atoms. The van der Waals surface area contributed by atoms with Crippen LogP contribution >= 0.6 is 0 Å².